The lowest BCUT2D eigenvalue weighted by Gasteiger charge is -1.88. The van der Waals surface area contributed by atoms with Gasteiger partial charge >= 0.3 is 5.97 Å². The second-order valence-corrected chi connectivity index (χ2v) is 1.62. The van der Waals surface area contributed by atoms with E-state index < -0.39 is 5.97 Å². The lowest BCUT2D eigenvalue weighted by molar-refractivity contribution is -0.132. The van der Waals surface area contributed by atoms with Crippen LogP contribution in [0.25, 0.3) is 0 Å². The number of allylic oxidation sites excluding steroid dienone is 2. The van der Waals surface area contributed by atoms with E-state index in [-0.39, 0.29) is 5.57 Å². The zero-order chi connectivity index (χ0) is 8.69. The molecular formula is C8H9NO2. The molecule has 0 unspecified atom stereocenters. The SMILES string of the molecule is C=C/C=C(\C=N/C=C)C(=O)O. The van der Waals surface area contributed by atoms with E-state index in [1.165, 1.54) is 24.6 Å². The molecule has 0 saturated heterocycles. The van der Waals surface area contributed by atoms with E-state index in [2.05, 4.69) is 18.2 Å². The monoisotopic (exact) mass is 151 g/mol. The molecule has 0 rings (SSSR count). The number of hydrogen-bond donors (Lipinski definition) is 1. The molecule has 0 atom stereocenters. The normalized spacial score (nSPS) is 11.5. The van der Waals surface area contributed by atoms with Crippen LogP contribution in [0.4, 0.5) is 0 Å². The molecule has 58 valence electrons. The van der Waals surface area contributed by atoms with Crippen molar-refractivity contribution >= 4 is 12.2 Å². The Morgan fingerprint density at radius 1 is 1.45 bits per heavy atom. The van der Waals surface area contributed by atoms with E-state index >= 15 is 0 Å². The van der Waals surface area contributed by atoms with E-state index in [4.69, 9.17) is 5.11 Å². The molecule has 0 fully saturated rings. The van der Waals surface area contributed by atoms with Gasteiger partial charge in [-0.1, -0.05) is 19.2 Å². The Labute approximate surface area is 65.1 Å². The molecule has 0 aromatic heterocycles. The lowest BCUT2D eigenvalue weighted by Crippen LogP contribution is -2.00. The number of hydrogen-bond acceptors (Lipinski definition) is 2. The van der Waals surface area contributed by atoms with Crippen molar-refractivity contribution in [3.8, 4) is 0 Å². The maximum atomic E-state index is 10.4. The van der Waals surface area contributed by atoms with Crippen molar-refractivity contribution in [2.45, 2.75) is 0 Å². The zero-order valence-corrected chi connectivity index (χ0v) is 6.03. The average molecular weight is 151 g/mol. The molecule has 11 heavy (non-hydrogen) atoms. The third-order valence-corrected chi connectivity index (χ3v) is 0.863. The van der Waals surface area contributed by atoms with Crippen LogP contribution in [0.15, 0.2) is 42.1 Å². The van der Waals surface area contributed by atoms with Crippen LogP contribution >= 0.6 is 0 Å². The summed E-state index contributed by atoms with van der Waals surface area (Å²) >= 11 is 0. The number of aliphatic carboxylic acids is 1. The quantitative estimate of drug-likeness (QED) is 0.375. The summed E-state index contributed by atoms with van der Waals surface area (Å²) in [5.41, 5.74) is 0.0832. The first-order valence-electron chi connectivity index (χ1n) is 2.92. The predicted octanol–water partition coefficient (Wildman–Crippen LogP) is 1.40. The van der Waals surface area contributed by atoms with Gasteiger partial charge in [-0.15, -0.1) is 0 Å². The third-order valence-electron chi connectivity index (χ3n) is 0.863. The molecular weight excluding hydrogens is 142 g/mol. The highest BCUT2D eigenvalue weighted by Crippen LogP contribution is 1.90. The number of aliphatic imine (C=N–C) groups is 1. The van der Waals surface area contributed by atoms with Gasteiger partial charge in [0.05, 0.1) is 5.57 Å². The Hall–Kier alpha value is -1.64. The van der Waals surface area contributed by atoms with Crippen LogP contribution in [0.1, 0.15) is 0 Å². The number of carboxylic acids is 1. The van der Waals surface area contributed by atoms with Gasteiger partial charge in [0.1, 0.15) is 0 Å². The Kier molecular flexibility index (Phi) is 4.40. The minimum Gasteiger partial charge on any atom is -0.478 e. The van der Waals surface area contributed by atoms with Gasteiger partial charge < -0.3 is 5.11 Å². The Bertz CT molecular complexity index is 226. The first-order chi connectivity index (χ1) is 5.22. The van der Waals surface area contributed by atoms with Crippen molar-refractivity contribution in [1.82, 2.24) is 0 Å². The summed E-state index contributed by atoms with van der Waals surface area (Å²) < 4.78 is 0. The van der Waals surface area contributed by atoms with Crippen molar-refractivity contribution < 1.29 is 9.90 Å². The Morgan fingerprint density at radius 3 is 2.45 bits per heavy atom. The second kappa shape index (κ2) is 5.17. The van der Waals surface area contributed by atoms with E-state index in [1.807, 2.05) is 0 Å². The van der Waals surface area contributed by atoms with Crippen LogP contribution in [-0.2, 0) is 4.79 Å². The van der Waals surface area contributed by atoms with Gasteiger partial charge in [0.15, 0.2) is 0 Å². The van der Waals surface area contributed by atoms with Gasteiger partial charge in [0.2, 0.25) is 0 Å². The molecule has 0 spiro atoms. The maximum absolute atomic E-state index is 10.4. The van der Waals surface area contributed by atoms with Gasteiger partial charge in [-0.25, -0.2) is 4.79 Å². The van der Waals surface area contributed by atoms with Gasteiger partial charge in [-0.05, 0) is 6.08 Å². The van der Waals surface area contributed by atoms with Crippen molar-refractivity contribution in [3.05, 3.63) is 37.1 Å². The first kappa shape index (κ1) is 9.36. The molecule has 0 amide bonds. The minimum absolute atomic E-state index is 0.0832. The van der Waals surface area contributed by atoms with Gasteiger partial charge in [0.25, 0.3) is 0 Å². The number of nitrogens with zero attached hydrogens (tertiary/aromatic N) is 1. The van der Waals surface area contributed by atoms with Gasteiger partial charge in [-0.2, -0.15) is 0 Å². The molecule has 0 aromatic carbocycles. The van der Waals surface area contributed by atoms with Gasteiger partial charge in [-0.3, -0.25) is 4.99 Å². The summed E-state index contributed by atoms with van der Waals surface area (Å²) in [6, 6.07) is 0. The molecule has 3 nitrogen and oxygen atoms in total. The van der Waals surface area contributed by atoms with Crippen molar-refractivity contribution in [2.75, 3.05) is 0 Å². The summed E-state index contributed by atoms with van der Waals surface area (Å²) in [7, 11) is 0. The van der Waals surface area contributed by atoms with Crippen LogP contribution in [0, 0.1) is 0 Å². The summed E-state index contributed by atoms with van der Waals surface area (Å²) in [6.07, 6.45) is 5.21. The molecule has 0 aromatic rings. The molecule has 1 N–H and O–H groups in total. The second-order valence-electron chi connectivity index (χ2n) is 1.62. The minimum atomic E-state index is -1.03. The lowest BCUT2D eigenvalue weighted by atomic mass is 10.3. The van der Waals surface area contributed by atoms with E-state index in [0.29, 0.717) is 0 Å². The molecule has 0 saturated carbocycles. The van der Waals surface area contributed by atoms with E-state index in [0.717, 1.165) is 0 Å². The molecule has 0 radical (unpaired) electrons. The first-order valence-corrected chi connectivity index (χ1v) is 2.92. The highest BCUT2D eigenvalue weighted by atomic mass is 16.4. The van der Waals surface area contributed by atoms with Crippen molar-refractivity contribution in [1.29, 1.82) is 0 Å². The molecule has 0 bridgehead atoms. The van der Waals surface area contributed by atoms with Crippen LogP contribution in [0.5, 0.6) is 0 Å². The summed E-state index contributed by atoms with van der Waals surface area (Å²) in [5, 5.41) is 8.49. The van der Waals surface area contributed by atoms with E-state index in [1.54, 1.807) is 0 Å². The number of carbonyl (C=O) groups is 1. The summed E-state index contributed by atoms with van der Waals surface area (Å²) in [6.45, 7) is 6.67. The molecule has 0 heterocycles. The fraction of sp³-hybridized carbons (Fsp3) is 0. The number of rotatable bonds is 4. The topological polar surface area (TPSA) is 49.7 Å². The van der Waals surface area contributed by atoms with Crippen LogP contribution in [0.2, 0.25) is 0 Å². The van der Waals surface area contributed by atoms with Crippen molar-refractivity contribution in [2.24, 2.45) is 4.99 Å². The Balaban J connectivity index is 4.47. The molecule has 0 aliphatic rings. The number of carboxylic acid groups (broad SMARTS) is 1. The fourth-order valence-electron chi connectivity index (χ4n) is 0.430. The fourth-order valence-corrected chi connectivity index (χ4v) is 0.430. The van der Waals surface area contributed by atoms with Crippen molar-refractivity contribution in [3.63, 3.8) is 0 Å². The highest BCUT2D eigenvalue weighted by Gasteiger charge is 2.00. The largest absolute Gasteiger partial charge is 0.478 e. The van der Waals surface area contributed by atoms with E-state index in [9.17, 15) is 4.79 Å². The average Bonchev–Trinajstić information content (AvgIpc) is 1.97. The Morgan fingerprint density at radius 2 is 2.09 bits per heavy atom. The van der Waals surface area contributed by atoms with Gasteiger partial charge in [0, 0.05) is 12.4 Å². The van der Waals surface area contributed by atoms with Crippen LogP contribution in [0.3, 0.4) is 0 Å². The predicted molar refractivity (Wildman–Crippen MR) is 44.6 cm³/mol. The summed E-state index contributed by atoms with van der Waals surface area (Å²) in [5.74, 6) is -1.03. The smallest absolute Gasteiger partial charge is 0.337 e. The third kappa shape index (κ3) is 3.86. The van der Waals surface area contributed by atoms with Crippen LogP contribution in [-0.4, -0.2) is 17.3 Å². The molecule has 0 aliphatic heterocycles. The molecule has 3 heteroatoms. The highest BCUT2D eigenvalue weighted by molar-refractivity contribution is 6.08. The van der Waals surface area contributed by atoms with Crippen LogP contribution < -0.4 is 0 Å². The zero-order valence-electron chi connectivity index (χ0n) is 6.03. The maximum Gasteiger partial charge on any atom is 0.337 e. The molecule has 0 aliphatic carbocycles. The standard InChI is InChI=1S/C8H9NO2/c1-3-5-7(8(10)11)6-9-4-2/h3-6H,1-2H2,(H,10,11)/b7-5+,9-6-. The summed E-state index contributed by atoms with van der Waals surface area (Å²) in [4.78, 5) is 13.9.